The van der Waals surface area contributed by atoms with Crippen LogP contribution in [0.4, 0.5) is 0 Å². The molecule has 0 saturated heterocycles. The van der Waals surface area contributed by atoms with Crippen LogP contribution in [0.2, 0.25) is 0 Å². The fourth-order valence-electron chi connectivity index (χ4n) is 2.07. The molecule has 0 amide bonds. The number of aryl methyl sites for hydroxylation is 1. The van der Waals surface area contributed by atoms with Gasteiger partial charge in [-0.1, -0.05) is 69.9 Å². The average Bonchev–Trinajstić information content (AvgIpc) is 2.33. The minimum atomic E-state index is 0.827. The summed E-state index contributed by atoms with van der Waals surface area (Å²) in [6, 6.07) is 10.8. The van der Waals surface area contributed by atoms with Gasteiger partial charge in [0.2, 0.25) is 0 Å². The summed E-state index contributed by atoms with van der Waals surface area (Å²) in [4.78, 5) is 0. The normalized spacial score (nSPS) is 11.0. The highest BCUT2D eigenvalue weighted by Gasteiger charge is 1.96. The molecule has 1 aromatic rings. The van der Waals surface area contributed by atoms with Crippen molar-refractivity contribution < 1.29 is 0 Å². The van der Waals surface area contributed by atoms with Crippen LogP contribution in [0.25, 0.3) is 0 Å². The molecule has 0 aromatic heterocycles. The molecule has 0 atom stereocenters. The first-order valence-electron chi connectivity index (χ1n) is 7.14. The standard InChI is InChI=1S/C17H27/c1-16(2)12-8-5-3-4-6-9-13-17-14-10-7-11-15-17/h7-8,10-11,14-16H,3-6,9,12-13H2,1-2H3. The second kappa shape index (κ2) is 9.27. The van der Waals surface area contributed by atoms with Crippen molar-refractivity contribution in [2.45, 2.75) is 58.8 Å². The Bertz CT molecular complexity index is 261. The van der Waals surface area contributed by atoms with Gasteiger partial charge in [-0.3, -0.25) is 0 Å². The van der Waals surface area contributed by atoms with Crippen LogP contribution in [-0.4, -0.2) is 0 Å². The Labute approximate surface area is 107 Å². The number of rotatable bonds is 9. The average molecular weight is 231 g/mol. The van der Waals surface area contributed by atoms with Crippen LogP contribution in [-0.2, 0) is 6.42 Å². The largest absolute Gasteiger partial charge is 0.0628 e. The van der Waals surface area contributed by atoms with Gasteiger partial charge < -0.3 is 0 Å². The maximum Gasteiger partial charge on any atom is -0.0279 e. The number of unbranched alkanes of at least 4 members (excludes halogenated alkanes) is 5. The van der Waals surface area contributed by atoms with Crippen LogP contribution in [0, 0.1) is 12.3 Å². The first-order chi connectivity index (χ1) is 8.29. The summed E-state index contributed by atoms with van der Waals surface area (Å²) in [5, 5.41) is 0. The molecule has 0 bridgehead atoms. The van der Waals surface area contributed by atoms with E-state index in [-0.39, 0.29) is 0 Å². The summed E-state index contributed by atoms with van der Waals surface area (Å²) >= 11 is 0. The Hall–Kier alpha value is -0.780. The molecule has 0 aliphatic rings. The van der Waals surface area contributed by atoms with Crippen LogP contribution < -0.4 is 0 Å². The monoisotopic (exact) mass is 231 g/mol. The molecule has 0 fully saturated rings. The minimum absolute atomic E-state index is 0.827. The maximum atomic E-state index is 2.46. The lowest BCUT2D eigenvalue weighted by molar-refractivity contribution is 0.586. The Morgan fingerprint density at radius 2 is 1.65 bits per heavy atom. The summed E-state index contributed by atoms with van der Waals surface area (Å²) in [5.74, 6) is 0.827. The van der Waals surface area contributed by atoms with Crippen LogP contribution in [0.3, 0.4) is 0 Å². The molecular weight excluding hydrogens is 204 g/mol. The van der Waals surface area contributed by atoms with Gasteiger partial charge in [-0.25, -0.2) is 0 Å². The van der Waals surface area contributed by atoms with E-state index in [1.54, 1.807) is 0 Å². The van der Waals surface area contributed by atoms with Gasteiger partial charge in [-0.05, 0) is 37.2 Å². The van der Waals surface area contributed by atoms with Crippen LogP contribution in [0.1, 0.15) is 57.9 Å². The molecule has 95 valence electrons. The molecule has 0 nitrogen and oxygen atoms in total. The van der Waals surface area contributed by atoms with Gasteiger partial charge in [0.1, 0.15) is 0 Å². The van der Waals surface area contributed by atoms with E-state index < -0.39 is 0 Å². The van der Waals surface area contributed by atoms with Gasteiger partial charge in [0.05, 0.1) is 0 Å². The molecule has 0 unspecified atom stereocenters. The number of benzene rings is 1. The molecule has 1 radical (unpaired) electrons. The van der Waals surface area contributed by atoms with E-state index in [9.17, 15) is 0 Å². The van der Waals surface area contributed by atoms with E-state index in [2.05, 4.69) is 50.6 Å². The SMILES string of the molecule is CC(C)C[CH]CCCCCCc1ccccc1. The molecule has 0 heterocycles. The van der Waals surface area contributed by atoms with Crippen molar-refractivity contribution in [2.24, 2.45) is 5.92 Å². The van der Waals surface area contributed by atoms with E-state index in [0.717, 1.165) is 5.92 Å². The van der Waals surface area contributed by atoms with Gasteiger partial charge in [0.25, 0.3) is 0 Å². The van der Waals surface area contributed by atoms with E-state index in [1.807, 2.05) is 0 Å². The van der Waals surface area contributed by atoms with Crippen LogP contribution in [0.5, 0.6) is 0 Å². The Morgan fingerprint density at radius 3 is 2.35 bits per heavy atom. The zero-order chi connectivity index (χ0) is 12.3. The molecular formula is C17H27. The van der Waals surface area contributed by atoms with E-state index in [4.69, 9.17) is 0 Å². The summed E-state index contributed by atoms with van der Waals surface area (Å²) in [6.07, 6.45) is 11.8. The summed E-state index contributed by atoms with van der Waals surface area (Å²) in [7, 11) is 0. The predicted molar refractivity (Wildman–Crippen MR) is 77.0 cm³/mol. The van der Waals surface area contributed by atoms with E-state index in [0.29, 0.717) is 0 Å². The van der Waals surface area contributed by atoms with E-state index >= 15 is 0 Å². The van der Waals surface area contributed by atoms with E-state index in [1.165, 1.54) is 50.5 Å². The zero-order valence-corrected chi connectivity index (χ0v) is 11.5. The third-order valence-corrected chi connectivity index (χ3v) is 3.10. The zero-order valence-electron chi connectivity index (χ0n) is 11.5. The summed E-state index contributed by atoms with van der Waals surface area (Å²) in [5.41, 5.74) is 1.49. The Morgan fingerprint density at radius 1 is 0.941 bits per heavy atom. The van der Waals surface area contributed by atoms with Crippen molar-refractivity contribution >= 4 is 0 Å². The lowest BCUT2D eigenvalue weighted by Crippen LogP contribution is -1.89. The van der Waals surface area contributed by atoms with Crippen molar-refractivity contribution in [1.82, 2.24) is 0 Å². The maximum absolute atomic E-state index is 2.46. The van der Waals surface area contributed by atoms with Crippen molar-refractivity contribution in [3.63, 3.8) is 0 Å². The summed E-state index contributed by atoms with van der Waals surface area (Å²) in [6.45, 7) is 4.58. The first kappa shape index (κ1) is 14.3. The van der Waals surface area contributed by atoms with Gasteiger partial charge >= 0.3 is 0 Å². The highest BCUT2D eigenvalue weighted by Crippen LogP contribution is 2.12. The van der Waals surface area contributed by atoms with Gasteiger partial charge in [0.15, 0.2) is 0 Å². The van der Waals surface area contributed by atoms with Crippen molar-refractivity contribution in [1.29, 1.82) is 0 Å². The fraction of sp³-hybridized carbons (Fsp3) is 0.588. The quantitative estimate of drug-likeness (QED) is 0.497. The number of hydrogen-bond donors (Lipinski definition) is 0. The predicted octanol–water partition coefficient (Wildman–Crippen LogP) is 5.43. The first-order valence-corrected chi connectivity index (χ1v) is 7.14. The van der Waals surface area contributed by atoms with Crippen LogP contribution >= 0.6 is 0 Å². The lowest BCUT2D eigenvalue weighted by Gasteiger charge is -2.04. The van der Waals surface area contributed by atoms with Crippen LogP contribution in [0.15, 0.2) is 30.3 Å². The molecule has 0 spiro atoms. The fourth-order valence-corrected chi connectivity index (χ4v) is 2.07. The minimum Gasteiger partial charge on any atom is -0.0628 e. The molecule has 0 heteroatoms. The topological polar surface area (TPSA) is 0 Å². The highest BCUT2D eigenvalue weighted by molar-refractivity contribution is 5.14. The molecule has 0 aliphatic heterocycles. The highest BCUT2D eigenvalue weighted by atomic mass is 14.0. The number of hydrogen-bond acceptors (Lipinski definition) is 0. The molecule has 1 rings (SSSR count). The second-order valence-corrected chi connectivity index (χ2v) is 5.36. The molecule has 0 saturated carbocycles. The molecule has 0 aliphatic carbocycles. The Kier molecular flexibility index (Phi) is 7.79. The molecule has 0 N–H and O–H groups in total. The lowest BCUT2D eigenvalue weighted by atomic mass is 10.0. The molecule has 1 aromatic carbocycles. The molecule has 17 heavy (non-hydrogen) atoms. The van der Waals surface area contributed by atoms with Gasteiger partial charge in [0, 0.05) is 0 Å². The smallest absolute Gasteiger partial charge is 0.0279 e. The van der Waals surface area contributed by atoms with Crippen molar-refractivity contribution in [3.05, 3.63) is 42.3 Å². The third-order valence-electron chi connectivity index (χ3n) is 3.10. The van der Waals surface area contributed by atoms with Crippen molar-refractivity contribution in [3.8, 4) is 0 Å². The van der Waals surface area contributed by atoms with Crippen molar-refractivity contribution in [2.75, 3.05) is 0 Å². The second-order valence-electron chi connectivity index (χ2n) is 5.36. The van der Waals surface area contributed by atoms with Gasteiger partial charge in [-0.2, -0.15) is 0 Å². The third kappa shape index (κ3) is 8.01. The van der Waals surface area contributed by atoms with Gasteiger partial charge in [-0.15, -0.1) is 0 Å². The summed E-state index contributed by atoms with van der Waals surface area (Å²) < 4.78 is 0. The Balaban J connectivity index is 1.88.